The van der Waals surface area contributed by atoms with E-state index in [0.29, 0.717) is 12.2 Å². The second-order valence-corrected chi connectivity index (χ2v) is 9.50. The van der Waals surface area contributed by atoms with Gasteiger partial charge in [-0.1, -0.05) is 18.2 Å². The summed E-state index contributed by atoms with van der Waals surface area (Å²) in [5.41, 5.74) is 3.21. The van der Waals surface area contributed by atoms with Crippen LogP contribution in [0.5, 0.6) is 0 Å². The largest absolute Gasteiger partial charge is 0.334 e. The number of benzene rings is 2. The first-order valence-corrected chi connectivity index (χ1v) is 12.1. The summed E-state index contributed by atoms with van der Waals surface area (Å²) in [6, 6.07) is 14.1. The number of nitrogens with one attached hydrogen (secondary N) is 1. The number of likely N-dealkylation sites (N-methyl/N-ethyl adjacent to an activating group) is 1. The van der Waals surface area contributed by atoms with Gasteiger partial charge in [-0.25, -0.2) is 4.39 Å². The summed E-state index contributed by atoms with van der Waals surface area (Å²) >= 11 is 0. The second-order valence-electron chi connectivity index (χ2n) is 9.50. The summed E-state index contributed by atoms with van der Waals surface area (Å²) in [5, 5.41) is 3.87. The van der Waals surface area contributed by atoms with Crippen molar-refractivity contribution in [1.29, 1.82) is 0 Å². The lowest BCUT2D eigenvalue weighted by atomic mass is 10.1. The number of carbonyl (C=O) groups excluding carboxylic acids is 2. The van der Waals surface area contributed by atoms with Gasteiger partial charge in [-0.3, -0.25) is 19.5 Å². The van der Waals surface area contributed by atoms with Crippen molar-refractivity contribution < 1.29 is 14.0 Å². The van der Waals surface area contributed by atoms with Crippen LogP contribution in [0.1, 0.15) is 18.1 Å². The SMILES string of the molecule is C[C@@H]1CN(Cc2ccc(F)cc2)CCN1C(=O)/C=C/c1cc2ncccc2cc1NC(=O)CN(C)C. The molecule has 0 radical (unpaired) electrons. The summed E-state index contributed by atoms with van der Waals surface area (Å²) in [6.45, 7) is 5.11. The van der Waals surface area contributed by atoms with E-state index in [1.54, 1.807) is 35.4 Å². The molecule has 1 saturated heterocycles. The minimum atomic E-state index is -0.239. The van der Waals surface area contributed by atoms with Crippen LogP contribution in [-0.4, -0.2) is 77.8 Å². The molecule has 8 heteroatoms. The molecule has 1 aliphatic rings. The van der Waals surface area contributed by atoms with E-state index >= 15 is 0 Å². The van der Waals surface area contributed by atoms with Crippen LogP contribution in [0.3, 0.4) is 0 Å². The van der Waals surface area contributed by atoms with Crippen molar-refractivity contribution in [2.45, 2.75) is 19.5 Å². The van der Waals surface area contributed by atoms with E-state index < -0.39 is 0 Å². The molecule has 2 aromatic carbocycles. The quantitative estimate of drug-likeness (QED) is 0.514. The second kappa shape index (κ2) is 11.4. The molecule has 36 heavy (non-hydrogen) atoms. The highest BCUT2D eigenvalue weighted by Gasteiger charge is 2.26. The molecular formula is C28H32FN5O2. The van der Waals surface area contributed by atoms with Gasteiger partial charge in [0.25, 0.3) is 0 Å². The first kappa shape index (κ1) is 25.5. The van der Waals surface area contributed by atoms with Gasteiger partial charge in [0, 0.05) is 61.1 Å². The minimum absolute atomic E-state index is 0.0360. The van der Waals surface area contributed by atoms with E-state index in [9.17, 15) is 14.0 Å². The molecule has 1 fully saturated rings. The molecule has 0 aliphatic carbocycles. The van der Waals surface area contributed by atoms with Crippen molar-refractivity contribution >= 4 is 34.5 Å². The third kappa shape index (κ3) is 6.53. The highest BCUT2D eigenvalue weighted by molar-refractivity contribution is 6.00. The smallest absolute Gasteiger partial charge is 0.246 e. The highest BCUT2D eigenvalue weighted by atomic mass is 19.1. The third-order valence-electron chi connectivity index (χ3n) is 6.23. The topological polar surface area (TPSA) is 68.8 Å². The zero-order valence-corrected chi connectivity index (χ0v) is 20.9. The number of fused-ring (bicyclic) bond motifs is 1. The Hall–Kier alpha value is -3.62. The molecule has 3 aromatic rings. The summed E-state index contributed by atoms with van der Waals surface area (Å²) in [6.07, 6.45) is 5.04. The van der Waals surface area contributed by atoms with E-state index in [0.717, 1.165) is 41.7 Å². The van der Waals surface area contributed by atoms with Gasteiger partial charge in [-0.05, 0) is 63.0 Å². The number of hydrogen-bond acceptors (Lipinski definition) is 5. The number of hydrogen-bond donors (Lipinski definition) is 1. The molecule has 1 atom stereocenters. The molecule has 0 spiro atoms. The van der Waals surface area contributed by atoms with E-state index in [4.69, 9.17) is 0 Å². The number of amides is 2. The molecule has 2 amide bonds. The number of carbonyl (C=O) groups is 2. The van der Waals surface area contributed by atoms with Crippen molar-refractivity contribution in [2.24, 2.45) is 0 Å². The predicted molar refractivity (Wildman–Crippen MR) is 141 cm³/mol. The van der Waals surface area contributed by atoms with Crippen LogP contribution >= 0.6 is 0 Å². The van der Waals surface area contributed by atoms with Crippen LogP contribution in [-0.2, 0) is 16.1 Å². The van der Waals surface area contributed by atoms with Crippen LogP contribution in [0, 0.1) is 5.82 Å². The Bertz CT molecular complexity index is 1260. The van der Waals surface area contributed by atoms with E-state index in [-0.39, 0.29) is 30.2 Å². The van der Waals surface area contributed by atoms with E-state index in [2.05, 4.69) is 15.2 Å². The molecule has 1 aliphatic heterocycles. The maximum atomic E-state index is 13.2. The lowest BCUT2D eigenvalue weighted by Crippen LogP contribution is -2.53. The molecule has 0 unspecified atom stereocenters. The average Bonchev–Trinajstić information content (AvgIpc) is 2.83. The Morgan fingerprint density at radius 2 is 1.94 bits per heavy atom. The maximum Gasteiger partial charge on any atom is 0.246 e. The standard InChI is InChI=1S/C28H32FN5O2/c1-20-17-33(18-21-6-9-24(29)10-7-21)13-14-34(20)28(36)11-8-23-15-25-22(5-4-12-30-25)16-26(23)31-27(35)19-32(2)3/h4-12,15-16,20H,13-14,17-19H2,1-3H3,(H,31,35)/b11-8+/t20-/m1/s1. The summed E-state index contributed by atoms with van der Waals surface area (Å²) < 4.78 is 13.2. The summed E-state index contributed by atoms with van der Waals surface area (Å²) in [4.78, 5) is 35.9. The molecule has 188 valence electrons. The minimum Gasteiger partial charge on any atom is -0.334 e. The monoisotopic (exact) mass is 489 g/mol. The number of rotatable bonds is 7. The Labute approximate surface area is 211 Å². The molecule has 0 bridgehead atoms. The number of halogens is 1. The molecule has 4 rings (SSSR count). The summed E-state index contributed by atoms with van der Waals surface area (Å²) in [5.74, 6) is -0.442. The van der Waals surface area contributed by atoms with Crippen LogP contribution in [0.4, 0.5) is 10.1 Å². The number of pyridine rings is 1. The zero-order chi connectivity index (χ0) is 25.7. The normalized spacial score (nSPS) is 16.7. The first-order chi connectivity index (χ1) is 17.3. The van der Waals surface area contributed by atoms with Crippen molar-refractivity contribution in [3.8, 4) is 0 Å². The van der Waals surface area contributed by atoms with Crippen LogP contribution in [0.2, 0.25) is 0 Å². The predicted octanol–water partition coefficient (Wildman–Crippen LogP) is 3.62. The molecule has 7 nitrogen and oxygen atoms in total. The van der Waals surface area contributed by atoms with Gasteiger partial charge < -0.3 is 15.1 Å². The number of aromatic nitrogens is 1. The lowest BCUT2D eigenvalue weighted by Gasteiger charge is -2.39. The highest BCUT2D eigenvalue weighted by Crippen LogP contribution is 2.25. The molecule has 2 heterocycles. The fourth-order valence-electron chi connectivity index (χ4n) is 4.47. The van der Waals surface area contributed by atoms with Crippen molar-refractivity contribution in [1.82, 2.24) is 19.7 Å². The van der Waals surface area contributed by atoms with Crippen molar-refractivity contribution in [3.63, 3.8) is 0 Å². The molecule has 1 aromatic heterocycles. The number of nitrogens with zero attached hydrogens (tertiary/aromatic N) is 4. The first-order valence-electron chi connectivity index (χ1n) is 12.1. The number of piperazine rings is 1. The third-order valence-corrected chi connectivity index (χ3v) is 6.23. The van der Waals surface area contributed by atoms with Crippen LogP contribution < -0.4 is 5.32 Å². The molecule has 0 saturated carbocycles. The Kier molecular flexibility index (Phi) is 8.07. The molecular weight excluding hydrogens is 457 g/mol. The van der Waals surface area contributed by atoms with Gasteiger partial charge in [0.15, 0.2) is 0 Å². The van der Waals surface area contributed by atoms with Gasteiger partial charge in [0.1, 0.15) is 5.82 Å². The average molecular weight is 490 g/mol. The Morgan fingerprint density at radius 1 is 1.17 bits per heavy atom. The zero-order valence-electron chi connectivity index (χ0n) is 20.9. The lowest BCUT2D eigenvalue weighted by molar-refractivity contribution is -0.130. The maximum absolute atomic E-state index is 13.2. The Balaban J connectivity index is 1.45. The van der Waals surface area contributed by atoms with Crippen LogP contribution in [0.25, 0.3) is 17.0 Å². The van der Waals surface area contributed by atoms with Gasteiger partial charge >= 0.3 is 0 Å². The van der Waals surface area contributed by atoms with Gasteiger partial charge in [0.2, 0.25) is 11.8 Å². The van der Waals surface area contributed by atoms with Crippen molar-refractivity contribution in [2.75, 3.05) is 45.6 Å². The van der Waals surface area contributed by atoms with Gasteiger partial charge in [-0.2, -0.15) is 0 Å². The fraction of sp³-hybridized carbons (Fsp3) is 0.321. The Morgan fingerprint density at radius 3 is 2.67 bits per heavy atom. The fourth-order valence-corrected chi connectivity index (χ4v) is 4.47. The van der Waals surface area contributed by atoms with Gasteiger partial charge in [-0.15, -0.1) is 0 Å². The summed E-state index contributed by atoms with van der Waals surface area (Å²) in [7, 11) is 3.67. The van der Waals surface area contributed by atoms with Crippen molar-refractivity contribution in [3.05, 3.63) is 77.7 Å². The van der Waals surface area contributed by atoms with E-state index in [1.165, 1.54) is 12.1 Å². The van der Waals surface area contributed by atoms with E-state index in [1.807, 2.05) is 50.2 Å². The van der Waals surface area contributed by atoms with Crippen LogP contribution in [0.15, 0.2) is 60.8 Å². The van der Waals surface area contributed by atoms with Gasteiger partial charge in [0.05, 0.1) is 12.1 Å². The molecule has 1 N–H and O–H groups in total. The number of anilines is 1.